The van der Waals surface area contributed by atoms with Gasteiger partial charge in [0, 0.05) is 23.7 Å². The lowest BCUT2D eigenvalue weighted by molar-refractivity contribution is 0.0701. The SMILES string of the molecule is Cc1ccc(C(CN)N2CCCC3CCCC32)cc1Cl. The number of halogens is 1. The Morgan fingerprint density at radius 3 is 2.85 bits per heavy atom. The van der Waals surface area contributed by atoms with E-state index in [0.29, 0.717) is 12.6 Å². The van der Waals surface area contributed by atoms with Crippen molar-refractivity contribution in [2.24, 2.45) is 11.7 Å². The van der Waals surface area contributed by atoms with E-state index >= 15 is 0 Å². The van der Waals surface area contributed by atoms with Crippen molar-refractivity contribution in [3.63, 3.8) is 0 Å². The van der Waals surface area contributed by atoms with Gasteiger partial charge in [0.25, 0.3) is 0 Å². The summed E-state index contributed by atoms with van der Waals surface area (Å²) in [5.74, 6) is 0.902. The first-order valence-electron chi connectivity index (χ1n) is 7.92. The maximum atomic E-state index is 6.31. The molecule has 0 bridgehead atoms. The molecule has 1 heterocycles. The third kappa shape index (κ3) is 2.61. The normalized spacial score (nSPS) is 28.4. The van der Waals surface area contributed by atoms with Crippen LogP contribution in [0.5, 0.6) is 0 Å². The molecule has 2 fully saturated rings. The molecule has 2 N–H and O–H groups in total. The number of hydrogen-bond acceptors (Lipinski definition) is 2. The summed E-state index contributed by atoms with van der Waals surface area (Å²) in [6, 6.07) is 7.53. The van der Waals surface area contributed by atoms with Gasteiger partial charge in [-0.1, -0.05) is 30.2 Å². The van der Waals surface area contributed by atoms with Gasteiger partial charge in [-0.2, -0.15) is 0 Å². The average Bonchev–Trinajstić information content (AvgIpc) is 2.93. The Bertz CT molecular complexity index is 474. The summed E-state index contributed by atoms with van der Waals surface area (Å²) in [5, 5.41) is 0.862. The summed E-state index contributed by atoms with van der Waals surface area (Å²) in [4.78, 5) is 2.67. The predicted molar refractivity (Wildman–Crippen MR) is 85.1 cm³/mol. The number of benzene rings is 1. The molecule has 1 aromatic carbocycles. The standard InChI is InChI=1S/C17H25ClN2/c1-12-7-8-14(10-15(12)18)17(11-19)20-9-3-5-13-4-2-6-16(13)20/h7-8,10,13,16-17H,2-6,9,11,19H2,1H3. The highest BCUT2D eigenvalue weighted by Gasteiger charge is 2.38. The van der Waals surface area contributed by atoms with Gasteiger partial charge in [0.15, 0.2) is 0 Å². The molecule has 0 aromatic heterocycles. The number of likely N-dealkylation sites (tertiary alicyclic amines) is 1. The summed E-state index contributed by atoms with van der Waals surface area (Å²) in [7, 11) is 0. The molecule has 3 heteroatoms. The van der Waals surface area contributed by atoms with Crippen molar-refractivity contribution in [1.82, 2.24) is 4.90 Å². The Hall–Kier alpha value is -0.570. The highest BCUT2D eigenvalue weighted by atomic mass is 35.5. The summed E-state index contributed by atoms with van der Waals surface area (Å²) in [5.41, 5.74) is 8.55. The molecular weight excluding hydrogens is 268 g/mol. The van der Waals surface area contributed by atoms with Crippen LogP contribution in [0.1, 0.15) is 49.3 Å². The number of nitrogens with two attached hydrogens (primary N) is 1. The minimum Gasteiger partial charge on any atom is -0.329 e. The first kappa shape index (κ1) is 14.4. The van der Waals surface area contributed by atoms with Crippen LogP contribution in [-0.2, 0) is 0 Å². The van der Waals surface area contributed by atoms with Crippen molar-refractivity contribution >= 4 is 11.6 Å². The van der Waals surface area contributed by atoms with Crippen LogP contribution in [0.2, 0.25) is 5.02 Å². The highest BCUT2D eigenvalue weighted by Crippen LogP contribution is 2.40. The first-order chi connectivity index (χ1) is 9.70. The lowest BCUT2D eigenvalue weighted by atomic mass is 9.89. The zero-order chi connectivity index (χ0) is 14.1. The number of aryl methyl sites for hydroxylation is 1. The molecule has 1 saturated carbocycles. The molecule has 3 atom stereocenters. The number of fused-ring (bicyclic) bond motifs is 1. The van der Waals surface area contributed by atoms with Gasteiger partial charge in [0.2, 0.25) is 0 Å². The minimum atomic E-state index is 0.332. The van der Waals surface area contributed by atoms with Crippen molar-refractivity contribution in [2.45, 2.75) is 51.1 Å². The van der Waals surface area contributed by atoms with Crippen LogP contribution in [-0.4, -0.2) is 24.0 Å². The molecule has 2 nitrogen and oxygen atoms in total. The van der Waals surface area contributed by atoms with Gasteiger partial charge in [-0.05, 0) is 62.3 Å². The largest absolute Gasteiger partial charge is 0.329 e. The Labute approximate surface area is 127 Å². The quantitative estimate of drug-likeness (QED) is 0.915. The second-order valence-electron chi connectivity index (χ2n) is 6.40. The molecular formula is C17H25ClN2. The second kappa shape index (κ2) is 6.05. The van der Waals surface area contributed by atoms with Crippen LogP contribution in [0.4, 0.5) is 0 Å². The van der Waals surface area contributed by atoms with Crippen LogP contribution in [0.25, 0.3) is 0 Å². The molecule has 2 aliphatic rings. The smallest absolute Gasteiger partial charge is 0.0474 e. The van der Waals surface area contributed by atoms with Crippen LogP contribution in [0.15, 0.2) is 18.2 Å². The maximum absolute atomic E-state index is 6.31. The number of piperidine rings is 1. The van der Waals surface area contributed by atoms with E-state index in [9.17, 15) is 0 Å². The molecule has 0 radical (unpaired) electrons. The number of rotatable bonds is 3. The third-order valence-corrected chi connectivity index (χ3v) is 5.65. The van der Waals surface area contributed by atoms with E-state index in [1.165, 1.54) is 44.2 Å². The lowest BCUT2D eigenvalue weighted by Gasteiger charge is -2.42. The molecule has 0 spiro atoms. The average molecular weight is 293 g/mol. The second-order valence-corrected chi connectivity index (χ2v) is 6.81. The van der Waals surface area contributed by atoms with Crippen molar-refractivity contribution in [1.29, 1.82) is 0 Å². The molecule has 3 unspecified atom stereocenters. The monoisotopic (exact) mass is 292 g/mol. The van der Waals surface area contributed by atoms with Crippen LogP contribution >= 0.6 is 11.6 Å². The van der Waals surface area contributed by atoms with E-state index < -0.39 is 0 Å². The minimum absolute atomic E-state index is 0.332. The van der Waals surface area contributed by atoms with Gasteiger partial charge >= 0.3 is 0 Å². The molecule has 1 aromatic rings. The zero-order valence-electron chi connectivity index (χ0n) is 12.3. The number of nitrogens with zero attached hydrogens (tertiary/aromatic N) is 1. The Balaban J connectivity index is 1.86. The van der Waals surface area contributed by atoms with E-state index in [1.54, 1.807) is 0 Å². The van der Waals surface area contributed by atoms with Gasteiger partial charge in [0.05, 0.1) is 0 Å². The topological polar surface area (TPSA) is 29.3 Å². The molecule has 0 amide bonds. The fraction of sp³-hybridized carbons (Fsp3) is 0.647. The van der Waals surface area contributed by atoms with Crippen molar-refractivity contribution in [3.05, 3.63) is 34.3 Å². The van der Waals surface area contributed by atoms with E-state index in [0.717, 1.165) is 22.5 Å². The molecule has 1 aliphatic carbocycles. The lowest BCUT2D eigenvalue weighted by Crippen LogP contribution is -2.46. The summed E-state index contributed by atoms with van der Waals surface area (Å²) < 4.78 is 0. The molecule has 1 saturated heterocycles. The van der Waals surface area contributed by atoms with E-state index in [-0.39, 0.29) is 0 Å². The highest BCUT2D eigenvalue weighted by molar-refractivity contribution is 6.31. The first-order valence-corrected chi connectivity index (χ1v) is 8.30. The van der Waals surface area contributed by atoms with E-state index in [2.05, 4.69) is 30.0 Å². The molecule has 3 rings (SSSR count). The Kier molecular flexibility index (Phi) is 4.34. The maximum Gasteiger partial charge on any atom is 0.0474 e. The summed E-state index contributed by atoms with van der Waals surface area (Å²) in [6.45, 7) is 3.93. The van der Waals surface area contributed by atoms with Crippen LogP contribution in [0, 0.1) is 12.8 Å². The predicted octanol–water partition coefficient (Wildman–Crippen LogP) is 3.91. The summed E-state index contributed by atoms with van der Waals surface area (Å²) in [6.07, 6.45) is 6.87. The van der Waals surface area contributed by atoms with Crippen LogP contribution in [0.3, 0.4) is 0 Å². The fourth-order valence-corrected chi connectivity index (χ4v) is 4.35. The van der Waals surface area contributed by atoms with Gasteiger partial charge in [0.1, 0.15) is 0 Å². The molecule has 1 aliphatic heterocycles. The molecule has 20 heavy (non-hydrogen) atoms. The summed E-state index contributed by atoms with van der Waals surface area (Å²) >= 11 is 6.31. The van der Waals surface area contributed by atoms with Gasteiger partial charge in [-0.3, -0.25) is 4.90 Å². The van der Waals surface area contributed by atoms with Crippen molar-refractivity contribution in [3.8, 4) is 0 Å². The fourth-order valence-electron chi connectivity index (χ4n) is 4.16. The Morgan fingerprint density at radius 2 is 2.10 bits per heavy atom. The van der Waals surface area contributed by atoms with Crippen molar-refractivity contribution < 1.29 is 0 Å². The van der Waals surface area contributed by atoms with E-state index in [4.69, 9.17) is 17.3 Å². The zero-order valence-corrected chi connectivity index (χ0v) is 13.1. The van der Waals surface area contributed by atoms with Gasteiger partial charge < -0.3 is 5.73 Å². The van der Waals surface area contributed by atoms with Gasteiger partial charge in [-0.15, -0.1) is 0 Å². The third-order valence-electron chi connectivity index (χ3n) is 5.24. The number of hydrogen-bond donors (Lipinski definition) is 1. The Morgan fingerprint density at radius 1 is 1.30 bits per heavy atom. The van der Waals surface area contributed by atoms with Crippen molar-refractivity contribution in [2.75, 3.05) is 13.1 Å². The molecule has 110 valence electrons. The van der Waals surface area contributed by atoms with E-state index in [1.807, 2.05) is 0 Å². The van der Waals surface area contributed by atoms with Crippen LogP contribution < -0.4 is 5.73 Å². The van der Waals surface area contributed by atoms with Gasteiger partial charge in [-0.25, -0.2) is 0 Å².